The monoisotopic (exact) mass is 461 g/mol. The lowest BCUT2D eigenvalue weighted by molar-refractivity contribution is 0.415. The minimum Gasteiger partial charge on any atom is -0.495 e. The summed E-state index contributed by atoms with van der Waals surface area (Å²) in [5, 5.41) is 2.17. The number of benzene rings is 2. The number of aromatic nitrogens is 2. The summed E-state index contributed by atoms with van der Waals surface area (Å²) in [4.78, 5) is 17.4. The quantitative estimate of drug-likeness (QED) is 0.436. The van der Waals surface area contributed by atoms with Gasteiger partial charge in [-0.2, -0.15) is 0 Å². The lowest BCUT2D eigenvalue weighted by atomic mass is 10.3. The molecule has 0 radical (unpaired) electrons. The Morgan fingerprint density at radius 1 is 1.17 bits per heavy atom. The molecular formula is C20H16ClN3O4S2. The molecule has 0 saturated heterocycles. The predicted octanol–water partition coefficient (Wildman–Crippen LogP) is 3.81. The number of methoxy groups -OCH3 is 1. The Morgan fingerprint density at radius 2 is 1.90 bits per heavy atom. The summed E-state index contributed by atoms with van der Waals surface area (Å²) >= 11 is 7.22. The number of nitrogens with zero attached hydrogens (tertiary/aromatic N) is 3. The van der Waals surface area contributed by atoms with Crippen molar-refractivity contribution in [2.75, 3.05) is 11.4 Å². The van der Waals surface area contributed by atoms with Crippen LogP contribution in [0.15, 0.2) is 75.9 Å². The van der Waals surface area contributed by atoms with Crippen molar-refractivity contribution in [3.8, 4) is 5.75 Å². The Kier molecular flexibility index (Phi) is 5.50. The number of thiazole rings is 1. The largest absolute Gasteiger partial charge is 0.495 e. The molecule has 10 heteroatoms. The topological polar surface area (TPSA) is 81.0 Å². The van der Waals surface area contributed by atoms with E-state index in [-0.39, 0.29) is 17.0 Å². The third kappa shape index (κ3) is 3.79. The zero-order chi connectivity index (χ0) is 21.3. The molecule has 4 aromatic rings. The van der Waals surface area contributed by atoms with E-state index < -0.39 is 10.0 Å². The van der Waals surface area contributed by atoms with Crippen LogP contribution < -0.4 is 14.6 Å². The summed E-state index contributed by atoms with van der Waals surface area (Å²) in [6, 6.07) is 14.0. The first-order valence-corrected chi connectivity index (χ1v) is 11.5. The minimum absolute atomic E-state index is 0.0618. The van der Waals surface area contributed by atoms with Crippen LogP contribution in [0.5, 0.6) is 5.75 Å². The Morgan fingerprint density at radius 3 is 2.63 bits per heavy atom. The predicted molar refractivity (Wildman–Crippen MR) is 117 cm³/mol. The highest BCUT2D eigenvalue weighted by Gasteiger charge is 2.28. The number of hydrogen-bond acceptors (Lipinski definition) is 6. The molecule has 154 valence electrons. The maximum Gasteiger partial charge on any atom is 0.264 e. The summed E-state index contributed by atoms with van der Waals surface area (Å²) < 4.78 is 35.0. The molecule has 30 heavy (non-hydrogen) atoms. The summed E-state index contributed by atoms with van der Waals surface area (Å²) in [5.41, 5.74) is 0.383. The van der Waals surface area contributed by atoms with Crippen LogP contribution in [0.2, 0.25) is 5.02 Å². The van der Waals surface area contributed by atoms with E-state index in [1.54, 1.807) is 35.8 Å². The molecule has 0 saturated carbocycles. The van der Waals surface area contributed by atoms with Crippen LogP contribution in [-0.4, -0.2) is 24.9 Å². The molecule has 0 spiro atoms. The zero-order valence-electron chi connectivity index (χ0n) is 15.7. The lowest BCUT2D eigenvalue weighted by Crippen LogP contribution is -2.32. The Bertz CT molecular complexity index is 1360. The van der Waals surface area contributed by atoms with Gasteiger partial charge in [-0.05, 0) is 36.4 Å². The van der Waals surface area contributed by atoms with Crippen LogP contribution in [0, 0.1) is 0 Å². The van der Waals surface area contributed by atoms with E-state index in [2.05, 4.69) is 4.98 Å². The number of para-hydroxylation sites is 2. The number of sulfonamides is 1. The van der Waals surface area contributed by atoms with Crippen LogP contribution in [0.3, 0.4) is 0 Å². The molecule has 0 aliphatic heterocycles. The van der Waals surface area contributed by atoms with Gasteiger partial charge >= 0.3 is 0 Å². The van der Waals surface area contributed by atoms with Crippen LogP contribution in [0.1, 0.15) is 5.69 Å². The molecule has 0 aliphatic carbocycles. The molecule has 2 aromatic carbocycles. The van der Waals surface area contributed by atoms with Gasteiger partial charge in [0.05, 0.1) is 29.9 Å². The maximum atomic E-state index is 13.5. The normalized spacial score (nSPS) is 11.5. The summed E-state index contributed by atoms with van der Waals surface area (Å²) in [5.74, 6) is 0.379. The van der Waals surface area contributed by atoms with Crippen molar-refractivity contribution in [2.45, 2.75) is 11.4 Å². The molecule has 0 unspecified atom stereocenters. The molecule has 0 amide bonds. The standard InChI is InChI=1S/C20H16ClN3O4S2/c1-28-18-5-3-2-4-17(18)24(30(26,27)16-8-6-14(21)7-9-16)13-15-12-19(25)23-10-11-29-20(23)22-15/h2-12H,13H2,1H3. The second kappa shape index (κ2) is 8.10. The SMILES string of the molecule is COc1ccccc1N(Cc1cc(=O)n2ccsc2n1)S(=O)(=O)c1ccc(Cl)cc1. The van der Waals surface area contributed by atoms with Crippen LogP contribution in [0.4, 0.5) is 5.69 Å². The first kappa shape index (κ1) is 20.4. The summed E-state index contributed by atoms with van der Waals surface area (Å²) in [6.07, 6.45) is 1.63. The highest BCUT2D eigenvalue weighted by molar-refractivity contribution is 7.92. The molecule has 0 fully saturated rings. The van der Waals surface area contributed by atoms with Gasteiger partial charge in [0.1, 0.15) is 5.75 Å². The Balaban J connectivity index is 1.86. The van der Waals surface area contributed by atoms with Crippen molar-refractivity contribution in [1.82, 2.24) is 9.38 Å². The number of fused-ring (bicyclic) bond motifs is 1. The fourth-order valence-corrected chi connectivity index (χ4v) is 5.30. The van der Waals surface area contributed by atoms with E-state index in [9.17, 15) is 13.2 Å². The lowest BCUT2D eigenvalue weighted by Gasteiger charge is -2.25. The third-order valence-corrected chi connectivity index (χ3v) is 7.20. The van der Waals surface area contributed by atoms with Crippen LogP contribution >= 0.6 is 22.9 Å². The molecular weight excluding hydrogens is 446 g/mol. The van der Waals surface area contributed by atoms with Gasteiger partial charge in [0.2, 0.25) is 0 Å². The van der Waals surface area contributed by atoms with Crippen molar-refractivity contribution in [2.24, 2.45) is 0 Å². The number of hydrogen-bond donors (Lipinski definition) is 0. The van der Waals surface area contributed by atoms with Crippen LogP contribution in [0.25, 0.3) is 4.96 Å². The molecule has 0 N–H and O–H groups in total. The molecule has 4 rings (SSSR count). The van der Waals surface area contributed by atoms with E-state index in [0.717, 1.165) is 0 Å². The van der Waals surface area contributed by atoms with Gasteiger partial charge in [0.25, 0.3) is 15.6 Å². The second-order valence-electron chi connectivity index (χ2n) is 6.28. The van der Waals surface area contributed by atoms with Gasteiger partial charge < -0.3 is 4.74 Å². The van der Waals surface area contributed by atoms with Gasteiger partial charge in [0, 0.05) is 22.7 Å². The van der Waals surface area contributed by atoms with Crippen molar-refractivity contribution in [1.29, 1.82) is 0 Å². The number of rotatable bonds is 6. The third-order valence-electron chi connectivity index (χ3n) is 4.42. The first-order chi connectivity index (χ1) is 14.4. The molecule has 2 aromatic heterocycles. The van der Waals surface area contributed by atoms with Gasteiger partial charge in [0.15, 0.2) is 4.96 Å². The van der Waals surface area contributed by atoms with Crippen molar-refractivity contribution in [3.05, 3.63) is 87.2 Å². The first-order valence-electron chi connectivity index (χ1n) is 8.77. The van der Waals surface area contributed by atoms with E-state index in [4.69, 9.17) is 16.3 Å². The average Bonchev–Trinajstić information content (AvgIpc) is 3.21. The fraction of sp³-hybridized carbons (Fsp3) is 0.100. The highest BCUT2D eigenvalue weighted by Crippen LogP contribution is 2.33. The summed E-state index contributed by atoms with van der Waals surface area (Å²) in [6.45, 7) is -0.144. The van der Waals surface area contributed by atoms with E-state index >= 15 is 0 Å². The van der Waals surface area contributed by atoms with Crippen molar-refractivity contribution in [3.63, 3.8) is 0 Å². The zero-order valence-corrected chi connectivity index (χ0v) is 18.1. The Hall–Kier alpha value is -2.88. The van der Waals surface area contributed by atoms with Gasteiger partial charge in [-0.15, -0.1) is 11.3 Å². The van der Waals surface area contributed by atoms with E-state index in [0.29, 0.717) is 27.1 Å². The second-order valence-corrected chi connectivity index (χ2v) is 9.45. The minimum atomic E-state index is -4.01. The molecule has 7 nitrogen and oxygen atoms in total. The van der Waals surface area contributed by atoms with Gasteiger partial charge in [-0.1, -0.05) is 23.7 Å². The van der Waals surface area contributed by atoms with Gasteiger partial charge in [-0.3, -0.25) is 13.5 Å². The molecule has 0 bridgehead atoms. The maximum absolute atomic E-state index is 13.5. The fourth-order valence-electron chi connectivity index (χ4n) is 2.99. The van der Waals surface area contributed by atoms with Crippen LogP contribution in [-0.2, 0) is 16.6 Å². The number of anilines is 1. The van der Waals surface area contributed by atoms with Crippen molar-refractivity contribution >= 4 is 43.6 Å². The Labute approximate surface area is 181 Å². The number of ether oxygens (including phenoxy) is 1. The van der Waals surface area contributed by atoms with E-state index in [1.165, 1.54) is 57.5 Å². The van der Waals surface area contributed by atoms with Gasteiger partial charge in [-0.25, -0.2) is 13.4 Å². The number of halogens is 1. The molecule has 2 heterocycles. The molecule has 0 atom stereocenters. The molecule has 0 aliphatic rings. The van der Waals surface area contributed by atoms with E-state index in [1.807, 2.05) is 0 Å². The highest BCUT2D eigenvalue weighted by atomic mass is 35.5. The smallest absolute Gasteiger partial charge is 0.264 e. The van der Waals surface area contributed by atoms with Crippen molar-refractivity contribution < 1.29 is 13.2 Å². The average molecular weight is 462 g/mol. The summed E-state index contributed by atoms with van der Waals surface area (Å²) in [7, 11) is -2.54.